The summed E-state index contributed by atoms with van der Waals surface area (Å²) in [5, 5.41) is 6.85. The highest BCUT2D eigenvalue weighted by molar-refractivity contribution is 5.94. The van der Waals surface area contributed by atoms with E-state index in [1.165, 1.54) is 0 Å². The normalized spacial score (nSPS) is 16.1. The lowest BCUT2D eigenvalue weighted by atomic mass is 10.0. The van der Waals surface area contributed by atoms with Gasteiger partial charge in [-0.15, -0.1) is 0 Å². The van der Waals surface area contributed by atoms with Gasteiger partial charge < -0.3 is 10.1 Å². The van der Waals surface area contributed by atoms with Crippen molar-refractivity contribution in [2.45, 2.75) is 18.9 Å². The summed E-state index contributed by atoms with van der Waals surface area (Å²) in [5.41, 5.74) is 1.66. The van der Waals surface area contributed by atoms with Crippen molar-refractivity contribution in [3.05, 3.63) is 60.7 Å². The quantitative estimate of drug-likeness (QED) is 0.798. The molecule has 3 heterocycles. The highest BCUT2D eigenvalue weighted by atomic mass is 16.5. The van der Waals surface area contributed by atoms with Gasteiger partial charge >= 0.3 is 0 Å². The second kappa shape index (κ2) is 6.11. The third-order valence-electron chi connectivity index (χ3n) is 3.83. The van der Waals surface area contributed by atoms with Gasteiger partial charge in [0.05, 0.1) is 18.1 Å². The van der Waals surface area contributed by atoms with Gasteiger partial charge in [-0.05, 0) is 30.5 Å². The van der Waals surface area contributed by atoms with Gasteiger partial charge in [-0.1, -0.05) is 18.2 Å². The molecule has 1 aliphatic rings. The highest BCUT2D eigenvalue weighted by Crippen LogP contribution is 2.27. The fraction of sp³-hybridized carbons (Fsp3) is 0.176. The summed E-state index contributed by atoms with van der Waals surface area (Å²) in [5.74, 6) is 1.02. The second-order valence-corrected chi connectivity index (χ2v) is 5.46. The Morgan fingerprint density at radius 3 is 2.83 bits per heavy atom. The first-order valence-electron chi connectivity index (χ1n) is 7.67. The molecule has 1 aliphatic heterocycles. The van der Waals surface area contributed by atoms with Crippen LogP contribution in [0.25, 0.3) is 5.95 Å². The Hall–Kier alpha value is -3.22. The van der Waals surface area contributed by atoms with Gasteiger partial charge in [0.1, 0.15) is 5.75 Å². The summed E-state index contributed by atoms with van der Waals surface area (Å²) in [4.78, 5) is 20.8. The number of ether oxygens (including phenoxy) is 1. The zero-order chi connectivity index (χ0) is 16.4. The van der Waals surface area contributed by atoms with Crippen LogP contribution in [0, 0.1) is 0 Å². The molecule has 1 unspecified atom stereocenters. The van der Waals surface area contributed by atoms with Crippen LogP contribution in [0.5, 0.6) is 5.75 Å². The molecule has 7 heteroatoms. The van der Waals surface area contributed by atoms with Crippen molar-refractivity contribution in [1.29, 1.82) is 0 Å². The summed E-state index contributed by atoms with van der Waals surface area (Å²) in [6.07, 6.45) is 7.47. The van der Waals surface area contributed by atoms with E-state index in [2.05, 4.69) is 20.4 Å². The van der Waals surface area contributed by atoms with E-state index in [0.717, 1.165) is 17.7 Å². The minimum Gasteiger partial charge on any atom is -0.480 e. The Labute approximate surface area is 138 Å². The molecular weight excluding hydrogens is 306 g/mol. The number of benzene rings is 1. The first kappa shape index (κ1) is 14.4. The van der Waals surface area contributed by atoms with Gasteiger partial charge in [0, 0.05) is 12.4 Å². The number of nitrogens with one attached hydrogen (secondary N) is 1. The zero-order valence-corrected chi connectivity index (χ0v) is 12.8. The number of nitrogens with zero attached hydrogens (tertiary/aromatic N) is 4. The van der Waals surface area contributed by atoms with E-state index in [4.69, 9.17) is 4.74 Å². The number of para-hydroxylation sites is 1. The number of fused-ring (bicyclic) bond motifs is 1. The van der Waals surface area contributed by atoms with E-state index in [9.17, 15) is 4.79 Å². The van der Waals surface area contributed by atoms with Gasteiger partial charge in [0.2, 0.25) is 0 Å². The van der Waals surface area contributed by atoms with Crippen LogP contribution in [0.1, 0.15) is 12.0 Å². The van der Waals surface area contributed by atoms with E-state index in [0.29, 0.717) is 18.1 Å². The molecule has 3 aromatic rings. The predicted molar refractivity (Wildman–Crippen MR) is 87.0 cm³/mol. The summed E-state index contributed by atoms with van der Waals surface area (Å²) < 4.78 is 7.33. The summed E-state index contributed by atoms with van der Waals surface area (Å²) in [6.45, 7) is 0. The topological polar surface area (TPSA) is 81.9 Å². The summed E-state index contributed by atoms with van der Waals surface area (Å²) in [6, 6.07) is 9.57. The number of hydrogen-bond donors (Lipinski definition) is 1. The lowest BCUT2D eigenvalue weighted by molar-refractivity contribution is -0.123. The van der Waals surface area contributed by atoms with Crippen LogP contribution >= 0.6 is 0 Å². The Kier molecular flexibility index (Phi) is 3.66. The molecule has 1 aromatic carbocycles. The third kappa shape index (κ3) is 2.83. The molecule has 0 bridgehead atoms. The fourth-order valence-electron chi connectivity index (χ4n) is 2.62. The molecule has 1 atom stereocenters. The van der Waals surface area contributed by atoms with E-state index < -0.39 is 6.10 Å². The average molecular weight is 321 g/mol. The van der Waals surface area contributed by atoms with Gasteiger partial charge in [-0.3, -0.25) is 4.79 Å². The number of rotatable bonds is 3. The minimum atomic E-state index is -0.509. The SMILES string of the molecule is O=C(Nc1cnc(-n2cccn2)nc1)C1CCc2ccccc2O1. The van der Waals surface area contributed by atoms with Gasteiger partial charge in [0.15, 0.2) is 6.10 Å². The molecule has 0 radical (unpaired) electrons. The first-order chi connectivity index (χ1) is 11.8. The van der Waals surface area contributed by atoms with Gasteiger partial charge in [0.25, 0.3) is 11.9 Å². The number of carbonyl (C=O) groups is 1. The molecule has 7 nitrogen and oxygen atoms in total. The average Bonchev–Trinajstić information content (AvgIpc) is 3.16. The van der Waals surface area contributed by atoms with Gasteiger partial charge in [-0.25, -0.2) is 14.6 Å². The van der Waals surface area contributed by atoms with Crippen LogP contribution in [0.3, 0.4) is 0 Å². The van der Waals surface area contributed by atoms with E-state index >= 15 is 0 Å². The molecule has 0 saturated heterocycles. The minimum absolute atomic E-state index is 0.194. The predicted octanol–water partition coefficient (Wildman–Crippen LogP) is 1.99. The van der Waals surface area contributed by atoms with E-state index in [1.54, 1.807) is 35.5 Å². The molecule has 0 saturated carbocycles. The molecule has 0 fully saturated rings. The largest absolute Gasteiger partial charge is 0.480 e. The summed E-state index contributed by atoms with van der Waals surface area (Å²) >= 11 is 0. The number of carbonyl (C=O) groups excluding carboxylic acids is 1. The Morgan fingerprint density at radius 1 is 1.21 bits per heavy atom. The van der Waals surface area contributed by atoms with Crippen LogP contribution < -0.4 is 10.1 Å². The lowest BCUT2D eigenvalue weighted by Gasteiger charge is -2.25. The van der Waals surface area contributed by atoms with Crippen molar-refractivity contribution in [3.63, 3.8) is 0 Å². The summed E-state index contributed by atoms with van der Waals surface area (Å²) in [7, 11) is 0. The lowest BCUT2D eigenvalue weighted by Crippen LogP contribution is -2.35. The molecule has 2 aromatic heterocycles. The van der Waals surface area contributed by atoms with Crippen LogP contribution in [0.2, 0.25) is 0 Å². The molecule has 120 valence electrons. The van der Waals surface area contributed by atoms with Crippen LogP contribution in [-0.4, -0.2) is 31.8 Å². The molecule has 1 amide bonds. The number of anilines is 1. The van der Waals surface area contributed by atoms with Crippen LogP contribution in [-0.2, 0) is 11.2 Å². The Bertz CT molecular complexity index is 846. The van der Waals surface area contributed by atoms with Crippen LogP contribution in [0.4, 0.5) is 5.69 Å². The molecule has 0 aliphatic carbocycles. The van der Waals surface area contributed by atoms with Crippen molar-refractivity contribution in [2.24, 2.45) is 0 Å². The van der Waals surface area contributed by atoms with Crippen molar-refractivity contribution in [3.8, 4) is 11.7 Å². The molecule has 24 heavy (non-hydrogen) atoms. The van der Waals surface area contributed by atoms with Crippen molar-refractivity contribution >= 4 is 11.6 Å². The second-order valence-electron chi connectivity index (χ2n) is 5.46. The Morgan fingerprint density at radius 2 is 2.04 bits per heavy atom. The number of aromatic nitrogens is 4. The van der Waals surface area contributed by atoms with E-state index in [-0.39, 0.29) is 5.91 Å². The zero-order valence-electron chi connectivity index (χ0n) is 12.8. The standard InChI is InChI=1S/C17H15N5O2/c23-16(15-7-6-12-4-1-2-5-14(12)24-15)21-13-10-18-17(19-11-13)22-9-3-8-20-22/h1-5,8-11,15H,6-7H2,(H,21,23). The molecule has 1 N–H and O–H groups in total. The molecule has 4 rings (SSSR count). The smallest absolute Gasteiger partial charge is 0.265 e. The molecular formula is C17H15N5O2. The van der Waals surface area contributed by atoms with E-state index in [1.807, 2.05) is 24.3 Å². The molecule has 0 spiro atoms. The maximum Gasteiger partial charge on any atom is 0.265 e. The maximum absolute atomic E-state index is 12.4. The highest BCUT2D eigenvalue weighted by Gasteiger charge is 2.26. The monoisotopic (exact) mass is 321 g/mol. The fourth-order valence-corrected chi connectivity index (χ4v) is 2.62. The number of hydrogen-bond acceptors (Lipinski definition) is 5. The van der Waals surface area contributed by atoms with Gasteiger partial charge in [-0.2, -0.15) is 5.10 Å². The first-order valence-corrected chi connectivity index (χ1v) is 7.67. The van der Waals surface area contributed by atoms with Crippen molar-refractivity contribution in [1.82, 2.24) is 19.7 Å². The Balaban J connectivity index is 1.43. The number of aryl methyl sites for hydroxylation is 1. The number of amides is 1. The van der Waals surface area contributed by atoms with Crippen LogP contribution in [0.15, 0.2) is 55.1 Å². The third-order valence-corrected chi connectivity index (χ3v) is 3.83. The maximum atomic E-state index is 12.4. The van der Waals surface area contributed by atoms with Crippen molar-refractivity contribution in [2.75, 3.05) is 5.32 Å². The van der Waals surface area contributed by atoms with Crippen molar-refractivity contribution < 1.29 is 9.53 Å².